The van der Waals surface area contributed by atoms with Crippen LogP contribution in [0.25, 0.3) is 0 Å². The number of aromatic nitrogens is 2. The minimum Gasteiger partial charge on any atom is -0.375 e. The van der Waals surface area contributed by atoms with Crippen molar-refractivity contribution in [3.63, 3.8) is 0 Å². The quantitative estimate of drug-likeness (QED) is 0.822. The number of methoxy groups -OCH3 is 1. The zero-order chi connectivity index (χ0) is 13.9. The Morgan fingerprint density at radius 1 is 1.35 bits per heavy atom. The average Bonchev–Trinajstić information content (AvgIpc) is 3.15. The fraction of sp³-hybridized carbons (Fsp3) is 0.733. The third kappa shape index (κ3) is 3.03. The molecular weight excluding hydrogens is 254 g/mol. The van der Waals surface area contributed by atoms with Gasteiger partial charge in [0, 0.05) is 45.1 Å². The molecule has 1 aliphatic carbocycles. The highest BCUT2D eigenvalue weighted by atomic mass is 16.5. The molecule has 20 heavy (non-hydrogen) atoms. The largest absolute Gasteiger partial charge is 0.375 e. The number of hydrogen-bond acceptors (Lipinski definition) is 3. The number of piperidine rings is 1. The zero-order valence-electron chi connectivity index (χ0n) is 12.1. The molecule has 0 N–H and O–H groups in total. The Bertz CT molecular complexity index is 459. The van der Waals surface area contributed by atoms with Gasteiger partial charge in [-0.15, -0.1) is 0 Å². The van der Waals surface area contributed by atoms with Crippen LogP contribution in [0.2, 0.25) is 0 Å². The Labute approximate surface area is 119 Å². The summed E-state index contributed by atoms with van der Waals surface area (Å²) in [5, 5.41) is 0. The topological polar surface area (TPSA) is 47.4 Å². The molecule has 110 valence electrons. The Kier molecular flexibility index (Phi) is 4.05. The molecule has 1 saturated heterocycles. The van der Waals surface area contributed by atoms with Gasteiger partial charge in [0.25, 0.3) is 0 Å². The third-order valence-electron chi connectivity index (χ3n) is 4.38. The van der Waals surface area contributed by atoms with E-state index in [1.54, 1.807) is 7.11 Å². The molecule has 1 amide bonds. The predicted molar refractivity (Wildman–Crippen MR) is 75.4 cm³/mol. The summed E-state index contributed by atoms with van der Waals surface area (Å²) in [4.78, 5) is 18.3. The number of imidazole rings is 1. The van der Waals surface area contributed by atoms with Crippen molar-refractivity contribution in [3.05, 3.63) is 18.2 Å². The van der Waals surface area contributed by atoms with Crippen LogP contribution in [0.15, 0.2) is 12.4 Å². The van der Waals surface area contributed by atoms with Crippen LogP contribution in [0.5, 0.6) is 0 Å². The molecule has 1 saturated carbocycles. The van der Waals surface area contributed by atoms with E-state index >= 15 is 0 Å². The number of nitrogens with zero attached hydrogens (tertiary/aromatic N) is 3. The van der Waals surface area contributed by atoms with Gasteiger partial charge in [-0.1, -0.05) is 0 Å². The van der Waals surface area contributed by atoms with Crippen molar-refractivity contribution in [2.45, 2.75) is 38.1 Å². The van der Waals surface area contributed by atoms with Gasteiger partial charge in [0.2, 0.25) is 5.91 Å². The van der Waals surface area contributed by atoms with Gasteiger partial charge in [-0.3, -0.25) is 4.79 Å². The van der Waals surface area contributed by atoms with E-state index in [-0.39, 0.29) is 12.5 Å². The Morgan fingerprint density at radius 3 is 2.75 bits per heavy atom. The first-order chi connectivity index (χ1) is 9.78. The first-order valence-corrected chi connectivity index (χ1v) is 7.55. The van der Waals surface area contributed by atoms with Crippen molar-refractivity contribution >= 4 is 5.91 Å². The van der Waals surface area contributed by atoms with Crippen molar-refractivity contribution in [2.75, 3.05) is 26.8 Å². The van der Waals surface area contributed by atoms with Gasteiger partial charge in [-0.05, 0) is 31.6 Å². The Balaban J connectivity index is 1.57. The van der Waals surface area contributed by atoms with Gasteiger partial charge in [-0.25, -0.2) is 4.98 Å². The summed E-state index contributed by atoms with van der Waals surface area (Å²) in [5.41, 5.74) is 0. The van der Waals surface area contributed by atoms with Crippen LogP contribution in [0.1, 0.15) is 37.4 Å². The van der Waals surface area contributed by atoms with Crippen LogP contribution in [0, 0.1) is 5.92 Å². The molecule has 1 aromatic heterocycles. The van der Waals surface area contributed by atoms with Crippen LogP contribution >= 0.6 is 0 Å². The highest BCUT2D eigenvalue weighted by molar-refractivity contribution is 5.77. The maximum absolute atomic E-state index is 11.8. The molecule has 2 aliphatic rings. The predicted octanol–water partition coefficient (Wildman–Crippen LogP) is 1.65. The van der Waals surface area contributed by atoms with E-state index < -0.39 is 0 Å². The molecule has 5 heteroatoms. The number of ether oxygens (including phenoxy) is 1. The summed E-state index contributed by atoms with van der Waals surface area (Å²) in [6.07, 6.45) is 8.77. The summed E-state index contributed by atoms with van der Waals surface area (Å²) in [6.45, 7) is 2.96. The highest BCUT2D eigenvalue weighted by Crippen LogP contribution is 2.33. The number of hydrogen-bond donors (Lipinski definition) is 0. The van der Waals surface area contributed by atoms with E-state index in [2.05, 4.69) is 15.7 Å². The molecule has 0 radical (unpaired) electrons. The van der Waals surface area contributed by atoms with E-state index in [0.717, 1.165) is 38.4 Å². The van der Waals surface area contributed by atoms with Crippen LogP contribution in [0.4, 0.5) is 0 Å². The molecule has 1 aliphatic heterocycles. The smallest absolute Gasteiger partial charge is 0.248 e. The molecule has 2 fully saturated rings. The second-order valence-electron chi connectivity index (χ2n) is 5.97. The van der Waals surface area contributed by atoms with Crippen LogP contribution in [-0.4, -0.2) is 47.2 Å². The standard InChI is InChI=1S/C15H23N3O2/c1-20-11-14(19)17-7-4-13(5-8-17)15-16-6-9-18(15)10-12-2-3-12/h6,9,12-13H,2-5,7-8,10-11H2,1H3. The summed E-state index contributed by atoms with van der Waals surface area (Å²) >= 11 is 0. The Morgan fingerprint density at radius 2 is 2.10 bits per heavy atom. The van der Waals surface area contributed by atoms with E-state index in [4.69, 9.17) is 4.74 Å². The van der Waals surface area contributed by atoms with Gasteiger partial charge in [0.1, 0.15) is 12.4 Å². The van der Waals surface area contributed by atoms with Gasteiger partial charge in [0.05, 0.1) is 0 Å². The van der Waals surface area contributed by atoms with Crippen molar-refractivity contribution < 1.29 is 9.53 Å². The second-order valence-corrected chi connectivity index (χ2v) is 5.97. The lowest BCUT2D eigenvalue weighted by Gasteiger charge is -2.31. The van der Waals surface area contributed by atoms with E-state index in [1.807, 2.05) is 11.1 Å². The molecule has 5 nitrogen and oxygen atoms in total. The fourth-order valence-corrected chi connectivity index (χ4v) is 3.02. The molecule has 0 unspecified atom stereocenters. The van der Waals surface area contributed by atoms with Crippen LogP contribution in [0.3, 0.4) is 0 Å². The van der Waals surface area contributed by atoms with Crippen molar-refractivity contribution in [3.8, 4) is 0 Å². The monoisotopic (exact) mass is 277 g/mol. The molecule has 1 aromatic rings. The molecule has 3 rings (SSSR count). The fourth-order valence-electron chi connectivity index (χ4n) is 3.02. The SMILES string of the molecule is COCC(=O)N1CCC(c2nccn2CC2CC2)CC1. The average molecular weight is 277 g/mol. The summed E-state index contributed by atoms with van der Waals surface area (Å²) in [5.74, 6) is 2.68. The summed E-state index contributed by atoms with van der Waals surface area (Å²) in [6, 6.07) is 0. The lowest BCUT2D eigenvalue weighted by Crippen LogP contribution is -2.40. The van der Waals surface area contributed by atoms with Gasteiger partial charge < -0.3 is 14.2 Å². The first kappa shape index (κ1) is 13.6. The van der Waals surface area contributed by atoms with E-state index in [1.165, 1.54) is 18.7 Å². The lowest BCUT2D eigenvalue weighted by atomic mass is 9.96. The molecule has 2 heterocycles. The molecule has 0 bridgehead atoms. The van der Waals surface area contributed by atoms with E-state index in [9.17, 15) is 4.79 Å². The highest BCUT2D eigenvalue weighted by Gasteiger charge is 2.28. The van der Waals surface area contributed by atoms with Crippen molar-refractivity contribution in [1.29, 1.82) is 0 Å². The van der Waals surface area contributed by atoms with Gasteiger partial charge in [-0.2, -0.15) is 0 Å². The van der Waals surface area contributed by atoms with Crippen molar-refractivity contribution in [1.82, 2.24) is 14.5 Å². The number of carbonyl (C=O) groups excluding carboxylic acids is 1. The maximum atomic E-state index is 11.8. The van der Waals surface area contributed by atoms with Gasteiger partial charge >= 0.3 is 0 Å². The molecule has 0 atom stereocenters. The first-order valence-electron chi connectivity index (χ1n) is 7.55. The molecule has 0 aromatic carbocycles. The lowest BCUT2D eigenvalue weighted by molar-refractivity contribution is -0.136. The van der Waals surface area contributed by atoms with Crippen LogP contribution < -0.4 is 0 Å². The minimum atomic E-state index is 0.104. The Hall–Kier alpha value is -1.36. The number of likely N-dealkylation sites (tertiary alicyclic amines) is 1. The minimum absolute atomic E-state index is 0.104. The second kappa shape index (κ2) is 5.95. The molecule has 0 spiro atoms. The van der Waals surface area contributed by atoms with Crippen LogP contribution in [-0.2, 0) is 16.1 Å². The number of rotatable bonds is 5. The summed E-state index contributed by atoms with van der Waals surface area (Å²) < 4.78 is 7.25. The van der Waals surface area contributed by atoms with E-state index in [0.29, 0.717) is 5.92 Å². The number of amides is 1. The zero-order valence-corrected chi connectivity index (χ0v) is 12.1. The normalized spacial score (nSPS) is 20.4. The third-order valence-corrected chi connectivity index (χ3v) is 4.38. The maximum Gasteiger partial charge on any atom is 0.248 e. The number of carbonyl (C=O) groups is 1. The molecular formula is C15H23N3O2. The van der Waals surface area contributed by atoms with Crippen molar-refractivity contribution in [2.24, 2.45) is 5.92 Å². The van der Waals surface area contributed by atoms with Gasteiger partial charge in [0.15, 0.2) is 0 Å². The summed E-state index contributed by atoms with van der Waals surface area (Å²) in [7, 11) is 1.57.